The molecule has 8 nitrogen and oxygen atoms in total. The van der Waals surface area contributed by atoms with Crippen LogP contribution in [0.1, 0.15) is 37.2 Å². The summed E-state index contributed by atoms with van der Waals surface area (Å²) in [5, 5.41) is 2.74. The van der Waals surface area contributed by atoms with Crippen LogP contribution in [-0.2, 0) is 33.0 Å². The molecule has 4 rings (SSSR count). The molecule has 0 aliphatic carbocycles. The van der Waals surface area contributed by atoms with Crippen LogP contribution in [0.3, 0.4) is 0 Å². The van der Waals surface area contributed by atoms with E-state index in [-0.39, 0.29) is 5.75 Å². The van der Waals surface area contributed by atoms with Gasteiger partial charge < -0.3 is 28.6 Å². The van der Waals surface area contributed by atoms with Gasteiger partial charge in [-0.1, -0.05) is 25.1 Å². The van der Waals surface area contributed by atoms with E-state index in [4.69, 9.17) is 14.2 Å². The predicted octanol–water partition coefficient (Wildman–Crippen LogP) is 7.24. The summed E-state index contributed by atoms with van der Waals surface area (Å²) in [5.74, 6) is 0.495. The lowest BCUT2D eigenvalue weighted by Gasteiger charge is -2.13. The summed E-state index contributed by atoms with van der Waals surface area (Å²) in [7, 11) is 0. The molecule has 0 unspecified atom stereocenters. The lowest BCUT2D eigenvalue weighted by molar-refractivity contribution is -0.111. The van der Waals surface area contributed by atoms with Crippen molar-refractivity contribution in [1.82, 2.24) is 9.55 Å². The Hall–Kier alpha value is -4.19. The van der Waals surface area contributed by atoms with E-state index in [9.17, 15) is 18.1 Å². The minimum atomic E-state index is -3.02. The highest BCUT2D eigenvalue weighted by molar-refractivity contribution is 7.90. The Labute approximate surface area is 265 Å². The van der Waals surface area contributed by atoms with Crippen molar-refractivity contribution in [3.8, 4) is 22.6 Å². The van der Waals surface area contributed by atoms with E-state index in [1.807, 2.05) is 49.6 Å². The van der Waals surface area contributed by atoms with E-state index in [2.05, 4.69) is 10.3 Å². The summed E-state index contributed by atoms with van der Waals surface area (Å²) in [4.78, 5) is 17.6. The zero-order valence-corrected chi connectivity index (χ0v) is 26.3. The number of hydrogen-bond acceptors (Lipinski definition) is 6. The number of amides is 1. The van der Waals surface area contributed by atoms with Crippen molar-refractivity contribution in [1.29, 1.82) is 0 Å². The van der Waals surface area contributed by atoms with Gasteiger partial charge in [-0.05, 0) is 97.2 Å². The zero-order chi connectivity index (χ0) is 32.2. The van der Waals surface area contributed by atoms with Gasteiger partial charge >= 0.3 is 6.61 Å². The SMILES string of the molecule is CCCOCCOc1ccc(-c2ccc(OC(F)F)c(/C=C/C(=O)Nc3ccc([S@+]([O-])Cc4c(C)ncn4CC)cc3)c2)cc1. The Morgan fingerprint density at radius 1 is 1.02 bits per heavy atom. The number of imidazole rings is 1. The molecule has 0 saturated carbocycles. The van der Waals surface area contributed by atoms with Gasteiger partial charge in [-0.15, -0.1) is 0 Å². The fourth-order valence-electron chi connectivity index (χ4n) is 4.49. The summed E-state index contributed by atoms with van der Waals surface area (Å²) >= 11 is -1.29. The number of carbonyl (C=O) groups excluding carboxylic acids is 1. The molecule has 0 aliphatic heterocycles. The second-order valence-electron chi connectivity index (χ2n) is 10.0. The molecule has 1 N–H and O–H groups in total. The van der Waals surface area contributed by atoms with E-state index in [0.717, 1.165) is 35.5 Å². The Kier molecular flexibility index (Phi) is 12.6. The summed E-state index contributed by atoms with van der Waals surface area (Å²) < 4.78 is 56.9. The van der Waals surface area contributed by atoms with Crippen molar-refractivity contribution in [2.24, 2.45) is 0 Å². The van der Waals surface area contributed by atoms with Crippen molar-refractivity contribution in [2.75, 3.05) is 25.1 Å². The van der Waals surface area contributed by atoms with Crippen LogP contribution in [0.25, 0.3) is 17.2 Å². The highest BCUT2D eigenvalue weighted by atomic mass is 32.2. The minimum Gasteiger partial charge on any atom is -0.611 e. The number of nitrogens with one attached hydrogen (secondary N) is 1. The molecule has 0 radical (unpaired) electrons. The van der Waals surface area contributed by atoms with Gasteiger partial charge in [0, 0.05) is 30.5 Å². The van der Waals surface area contributed by atoms with Gasteiger partial charge in [0.1, 0.15) is 18.1 Å². The van der Waals surface area contributed by atoms with Crippen LogP contribution in [-0.4, -0.2) is 46.4 Å². The number of halogens is 2. The fraction of sp³-hybridized carbons (Fsp3) is 0.294. The average Bonchev–Trinajstić information content (AvgIpc) is 3.39. The monoisotopic (exact) mass is 637 g/mol. The van der Waals surface area contributed by atoms with Crippen molar-refractivity contribution >= 4 is 28.8 Å². The van der Waals surface area contributed by atoms with Crippen molar-refractivity contribution in [2.45, 2.75) is 51.0 Å². The molecule has 0 saturated heterocycles. The van der Waals surface area contributed by atoms with Crippen LogP contribution < -0.4 is 14.8 Å². The van der Waals surface area contributed by atoms with E-state index >= 15 is 0 Å². The van der Waals surface area contributed by atoms with Crippen LogP contribution >= 0.6 is 0 Å². The van der Waals surface area contributed by atoms with Crippen LogP contribution in [0, 0.1) is 6.92 Å². The quantitative estimate of drug-likeness (QED) is 0.0790. The maximum absolute atomic E-state index is 13.1. The van der Waals surface area contributed by atoms with Gasteiger partial charge in [0.05, 0.1) is 24.3 Å². The first-order valence-electron chi connectivity index (χ1n) is 14.6. The number of benzene rings is 3. The van der Waals surface area contributed by atoms with Crippen molar-refractivity contribution in [3.05, 3.63) is 96.1 Å². The van der Waals surface area contributed by atoms with Gasteiger partial charge in [0.25, 0.3) is 0 Å². The van der Waals surface area contributed by atoms with Gasteiger partial charge in [-0.3, -0.25) is 4.79 Å². The molecule has 1 amide bonds. The number of ether oxygens (including phenoxy) is 3. The first-order chi connectivity index (χ1) is 21.8. The maximum Gasteiger partial charge on any atom is 0.387 e. The lowest BCUT2D eigenvalue weighted by Crippen LogP contribution is -2.11. The smallest absolute Gasteiger partial charge is 0.387 e. The predicted molar refractivity (Wildman–Crippen MR) is 172 cm³/mol. The van der Waals surface area contributed by atoms with Crippen LogP contribution in [0.15, 0.2) is 84.0 Å². The molecular formula is C34H37F2N3O5S. The third kappa shape index (κ3) is 9.90. The molecular weight excluding hydrogens is 600 g/mol. The number of rotatable bonds is 16. The first-order valence-corrected chi connectivity index (χ1v) is 16.0. The standard InChI is InChI=1S/C34H37F2N3O5S/c1-4-18-42-19-20-43-29-12-6-25(7-13-29)26-8-16-32(44-34(35)36)27(21-26)9-17-33(40)38-28-10-14-30(15-11-28)45(41)22-31-24(3)37-23-39(31)5-2/h6-17,21,23,34H,4-5,18-20,22H2,1-3H3,(H,38,40)/b17-9+/t45-/m1/s1. The minimum absolute atomic E-state index is 0.0590. The molecule has 1 heterocycles. The van der Waals surface area contributed by atoms with Gasteiger partial charge in [0.15, 0.2) is 10.6 Å². The summed E-state index contributed by atoms with van der Waals surface area (Å²) in [6.07, 6.45) is 5.36. The molecule has 238 valence electrons. The molecule has 4 aromatic rings. The molecule has 45 heavy (non-hydrogen) atoms. The molecule has 0 aliphatic rings. The maximum atomic E-state index is 13.1. The van der Waals surface area contributed by atoms with Crippen LogP contribution in [0.4, 0.5) is 14.5 Å². The number of carbonyl (C=O) groups is 1. The van der Waals surface area contributed by atoms with E-state index < -0.39 is 23.7 Å². The Morgan fingerprint density at radius 2 is 1.76 bits per heavy atom. The van der Waals surface area contributed by atoms with Crippen molar-refractivity contribution in [3.63, 3.8) is 0 Å². The topological polar surface area (TPSA) is 97.7 Å². The van der Waals surface area contributed by atoms with E-state index in [1.165, 1.54) is 18.2 Å². The molecule has 11 heteroatoms. The lowest BCUT2D eigenvalue weighted by atomic mass is 10.0. The molecule has 0 bridgehead atoms. The molecule has 3 aromatic carbocycles. The second kappa shape index (κ2) is 16.8. The fourth-order valence-corrected chi connectivity index (χ4v) is 5.71. The Balaban J connectivity index is 1.40. The number of hydrogen-bond donors (Lipinski definition) is 1. The molecule has 0 fully saturated rings. The first kappa shape index (κ1) is 33.7. The zero-order valence-electron chi connectivity index (χ0n) is 25.5. The number of aromatic nitrogens is 2. The Bertz CT molecular complexity index is 1560. The van der Waals surface area contributed by atoms with Crippen LogP contribution in [0.2, 0.25) is 0 Å². The summed E-state index contributed by atoms with van der Waals surface area (Å²) in [6, 6.07) is 18.9. The second-order valence-corrected chi connectivity index (χ2v) is 11.5. The van der Waals surface area contributed by atoms with E-state index in [0.29, 0.717) is 47.5 Å². The highest BCUT2D eigenvalue weighted by Crippen LogP contribution is 2.30. The number of nitrogens with zero attached hydrogens (tertiary/aromatic N) is 2. The number of aryl methyl sites for hydroxylation is 2. The van der Waals surface area contributed by atoms with Gasteiger partial charge in [-0.2, -0.15) is 8.78 Å². The largest absolute Gasteiger partial charge is 0.611 e. The van der Waals surface area contributed by atoms with Gasteiger partial charge in [0.2, 0.25) is 5.91 Å². The molecule has 1 atom stereocenters. The third-order valence-corrected chi connectivity index (χ3v) is 8.15. The highest BCUT2D eigenvalue weighted by Gasteiger charge is 2.17. The normalized spacial score (nSPS) is 12.1. The Morgan fingerprint density at radius 3 is 2.44 bits per heavy atom. The number of alkyl halides is 2. The third-order valence-electron chi connectivity index (χ3n) is 6.82. The van der Waals surface area contributed by atoms with Gasteiger partial charge in [-0.25, -0.2) is 4.98 Å². The number of anilines is 1. The van der Waals surface area contributed by atoms with Crippen molar-refractivity contribution < 1.29 is 32.3 Å². The average molecular weight is 638 g/mol. The van der Waals surface area contributed by atoms with Crippen LogP contribution in [0.5, 0.6) is 11.5 Å². The molecule has 0 spiro atoms. The summed E-state index contributed by atoms with van der Waals surface area (Å²) in [6.45, 7) is 5.29. The molecule has 1 aromatic heterocycles. The summed E-state index contributed by atoms with van der Waals surface area (Å²) in [5.41, 5.74) is 4.16. The van der Waals surface area contributed by atoms with E-state index in [1.54, 1.807) is 42.7 Å².